The van der Waals surface area contributed by atoms with Crippen LogP contribution in [-0.2, 0) is 5.88 Å². The Kier molecular flexibility index (Phi) is 6.65. The lowest BCUT2D eigenvalue weighted by molar-refractivity contribution is 0.302. The van der Waals surface area contributed by atoms with Crippen LogP contribution < -0.4 is 4.74 Å². The van der Waals surface area contributed by atoms with Gasteiger partial charge in [0.2, 0.25) is 0 Å². The van der Waals surface area contributed by atoms with E-state index in [0.29, 0.717) is 18.2 Å². The van der Waals surface area contributed by atoms with Gasteiger partial charge in [-0.15, -0.1) is 11.6 Å². The van der Waals surface area contributed by atoms with Crippen LogP contribution in [-0.4, -0.2) is 18.1 Å². The molecular formula is C12H16ClFOS. The minimum atomic E-state index is -0.332. The summed E-state index contributed by atoms with van der Waals surface area (Å²) in [6, 6.07) is 4.84. The predicted octanol–water partition coefficient (Wildman–Crippen LogP) is 4.09. The lowest BCUT2D eigenvalue weighted by Crippen LogP contribution is -2.01. The van der Waals surface area contributed by atoms with Gasteiger partial charge in [-0.05, 0) is 35.6 Å². The first-order valence-corrected chi connectivity index (χ1v) is 7.01. The van der Waals surface area contributed by atoms with Crippen LogP contribution in [0.3, 0.4) is 0 Å². The van der Waals surface area contributed by atoms with Crippen LogP contribution in [0.15, 0.2) is 18.2 Å². The molecule has 1 aromatic carbocycles. The van der Waals surface area contributed by atoms with E-state index in [1.807, 2.05) is 11.8 Å². The third-order valence-electron chi connectivity index (χ3n) is 2.05. The van der Waals surface area contributed by atoms with Crippen molar-refractivity contribution in [1.82, 2.24) is 0 Å². The van der Waals surface area contributed by atoms with Crippen LogP contribution in [0, 0.1) is 5.82 Å². The van der Waals surface area contributed by atoms with Gasteiger partial charge in [-0.2, -0.15) is 11.8 Å². The lowest BCUT2D eigenvalue weighted by Gasteiger charge is -2.07. The van der Waals surface area contributed by atoms with Crippen LogP contribution in [0.2, 0.25) is 0 Å². The van der Waals surface area contributed by atoms with E-state index < -0.39 is 0 Å². The molecule has 1 aromatic rings. The first-order chi connectivity index (χ1) is 7.77. The molecule has 4 heteroatoms. The normalized spacial score (nSPS) is 10.4. The summed E-state index contributed by atoms with van der Waals surface area (Å²) in [6.45, 7) is 2.68. The zero-order valence-corrected chi connectivity index (χ0v) is 10.9. The molecule has 0 bridgehead atoms. The molecule has 0 saturated carbocycles. The van der Waals surface area contributed by atoms with E-state index >= 15 is 0 Å². The molecule has 1 rings (SSSR count). The zero-order valence-electron chi connectivity index (χ0n) is 9.34. The molecular weight excluding hydrogens is 247 g/mol. The van der Waals surface area contributed by atoms with Crippen molar-refractivity contribution in [1.29, 1.82) is 0 Å². The number of hydrogen-bond acceptors (Lipinski definition) is 2. The molecule has 0 aliphatic carbocycles. The van der Waals surface area contributed by atoms with E-state index in [4.69, 9.17) is 16.3 Å². The molecule has 90 valence electrons. The highest BCUT2D eigenvalue weighted by Gasteiger charge is 2.03. The Balaban J connectivity index is 2.36. The Morgan fingerprint density at radius 1 is 1.44 bits per heavy atom. The smallest absolute Gasteiger partial charge is 0.165 e. The molecule has 0 radical (unpaired) electrons. The van der Waals surface area contributed by atoms with Gasteiger partial charge in [0.1, 0.15) is 0 Å². The summed E-state index contributed by atoms with van der Waals surface area (Å²) in [4.78, 5) is 0. The van der Waals surface area contributed by atoms with Crippen LogP contribution >= 0.6 is 23.4 Å². The number of ether oxygens (including phenoxy) is 1. The number of halogens is 2. The summed E-state index contributed by atoms with van der Waals surface area (Å²) >= 11 is 7.46. The van der Waals surface area contributed by atoms with Crippen LogP contribution in [0.25, 0.3) is 0 Å². The fourth-order valence-electron chi connectivity index (χ4n) is 1.23. The Morgan fingerprint density at radius 3 is 2.88 bits per heavy atom. The van der Waals surface area contributed by atoms with Gasteiger partial charge in [0.15, 0.2) is 11.6 Å². The molecule has 0 unspecified atom stereocenters. The highest BCUT2D eigenvalue weighted by molar-refractivity contribution is 7.99. The molecule has 0 heterocycles. The predicted molar refractivity (Wildman–Crippen MR) is 69.1 cm³/mol. The lowest BCUT2D eigenvalue weighted by atomic mass is 10.2. The Morgan fingerprint density at radius 2 is 2.25 bits per heavy atom. The van der Waals surface area contributed by atoms with Gasteiger partial charge in [0.25, 0.3) is 0 Å². The van der Waals surface area contributed by atoms with Gasteiger partial charge in [-0.3, -0.25) is 0 Å². The number of thioether (sulfide) groups is 1. The topological polar surface area (TPSA) is 9.23 Å². The van der Waals surface area contributed by atoms with E-state index in [2.05, 4.69) is 6.92 Å². The SMILES string of the molecule is CCSCCCOc1ccc(CCl)cc1F. The van der Waals surface area contributed by atoms with Gasteiger partial charge >= 0.3 is 0 Å². The van der Waals surface area contributed by atoms with Crippen molar-refractivity contribution in [3.63, 3.8) is 0 Å². The van der Waals surface area contributed by atoms with Gasteiger partial charge < -0.3 is 4.74 Å². The van der Waals surface area contributed by atoms with Crippen molar-refractivity contribution >= 4 is 23.4 Å². The van der Waals surface area contributed by atoms with Gasteiger partial charge in [0.05, 0.1) is 6.61 Å². The Hall–Kier alpha value is -0.410. The molecule has 0 aliphatic rings. The molecule has 0 N–H and O–H groups in total. The van der Waals surface area contributed by atoms with Crippen LogP contribution in [0.4, 0.5) is 4.39 Å². The van der Waals surface area contributed by atoms with Crippen molar-refractivity contribution in [2.75, 3.05) is 18.1 Å². The van der Waals surface area contributed by atoms with Gasteiger partial charge in [0, 0.05) is 5.88 Å². The summed E-state index contributed by atoms with van der Waals surface area (Å²) in [5.41, 5.74) is 0.771. The van der Waals surface area contributed by atoms with E-state index in [9.17, 15) is 4.39 Å². The monoisotopic (exact) mass is 262 g/mol. The van der Waals surface area contributed by atoms with Crippen molar-refractivity contribution in [3.8, 4) is 5.75 Å². The maximum Gasteiger partial charge on any atom is 0.165 e. The fraction of sp³-hybridized carbons (Fsp3) is 0.500. The first-order valence-electron chi connectivity index (χ1n) is 5.33. The van der Waals surface area contributed by atoms with E-state index in [1.165, 1.54) is 6.07 Å². The van der Waals surface area contributed by atoms with Crippen LogP contribution in [0.1, 0.15) is 18.9 Å². The number of benzene rings is 1. The summed E-state index contributed by atoms with van der Waals surface area (Å²) in [6.07, 6.45) is 0.940. The molecule has 0 saturated heterocycles. The molecule has 0 atom stereocenters. The fourth-order valence-corrected chi connectivity index (χ4v) is 2.01. The molecule has 0 amide bonds. The average Bonchev–Trinajstić information content (AvgIpc) is 2.30. The number of hydrogen-bond donors (Lipinski definition) is 0. The average molecular weight is 263 g/mol. The molecule has 0 spiro atoms. The summed E-state index contributed by atoms with van der Waals surface area (Å²) in [5.74, 6) is 2.47. The zero-order chi connectivity index (χ0) is 11.8. The summed E-state index contributed by atoms with van der Waals surface area (Å²) in [5, 5.41) is 0. The number of alkyl halides is 1. The van der Waals surface area contributed by atoms with Gasteiger partial charge in [-0.1, -0.05) is 13.0 Å². The second kappa shape index (κ2) is 7.80. The largest absolute Gasteiger partial charge is 0.490 e. The van der Waals surface area contributed by atoms with Crippen molar-refractivity contribution in [3.05, 3.63) is 29.6 Å². The summed E-state index contributed by atoms with van der Waals surface area (Å²) < 4.78 is 18.8. The molecule has 0 aliphatic heterocycles. The Bertz CT molecular complexity index is 320. The molecule has 16 heavy (non-hydrogen) atoms. The quantitative estimate of drug-likeness (QED) is 0.541. The van der Waals surface area contributed by atoms with Crippen molar-refractivity contribution in [2.45, 2.75) is 19.2 Å². The van der Waals surface area contributed by atoms with Crippen molar-refractivity contribution < 1.29 is 9.13 Å². The third-order valence-corrected chi connectivity index (χ3v) is 3.34. The molecule has 1 nitrogen and oxygen atoms in total. The minimum Gasteiger partial charge on any atom is -0.490 e. The highest BCUT2D eigenvalue weighted by Crippen LogP contribution is 2.19. The highest BCUT2D eigenvalue weighted by atomic mass is 35.5. The van der Waals surface area contributed by atoms with Crippen LogP contribution in [0.5, 0.6) is 5.75 Å². The van der Waals surface area contributed by atoms with Gasteiger partial charge in [-0.25, -0.2) is 4.39 Å². The van der Waals surface area contributed by atoms with E-state index in [1.54, 1.807) is 12.1 Å². The molecule has 0 fully saturated rings. The maximum absolute atomic E-state index is 13.4. The summed E-state index contributed by atoms with van der Waals surface area (Å²) in [7, 11) is 0. The standard InChI is InChI=1S/C12H16ClFOS/c1-2-16-7-3-6-15-12-5-4-10(9-13)8-11(12)14/h4-5,8H,2-3,6-7,9H2,1H3. The maximum atomic E-state index is 13.4. The second-order valence-electron chi connectivity index (χ2n) is 3.30. The van der Waals surface area contributed by atoms with E-state index in [0.717, 1.165) is 23.5 Å². The third kappa shape index (κ3) is 4.62. The number of rotatable bonds is 7. The van der Waals surface area contributed by atoms with Crippen molar-refractivity contribution in [2.24, 2.45) is 0 Å². The second-order valence-corrected chi connectivity index (χ2v) is 4.96. The van der Waals surface area contributed by atoms with E-state index in [-0.39, 0.29) is 5.82 Å². The Labute approximate surface area is 105 Å². The first kappa shape index (κ1) is 13.7. The minimum absolute atomic E-state index is 0.315. The molecule has 0 aromatic heterocycles.